The number of carbonyl (C=O) groups is 4. The van der Waals surface area contributed by atoms with Crippen LogP contribution in [0.15, 0.2) is 24.3 Å². The van der Waals surface area contributed by atoms with Gasteiger partial charge in [-0.1, -0.05) is 20.8 Å². The van der Waals surface area contributed by atoms with E-state index < -0.39 is 11.9 Å². The van der Waals surface area contributed by atoms with Crippen LogP contribution < -0.4 is 10.2 Å². The molecular formula is C24H34N4O5. The zero-order valence-corrected chi connectivity index (χ0v) is 19.9. The maximum absolute atomic E-state index is 13.3. The highest BCUT2D eigenvalue weighted by Crippen LogP contribution is 2.29. The molecule has 1 aromatic carbocycles. The van der Waals surface area contributed by atoms with Gasteiger partial charge in [-0.05, 0) is 29.7 Å². The van der Waals surface area contributed by atoms with E-state index in [4.69, 9.17) is 4.74 Å². The van der Waals surface area contributed by atoms with E-state index in [1.165, 1.54) is 6.92 Å². The summed E-state index contributed by atoms with van der Waals surface area (Å²) in [6, 6.07) is 5.72. The lowest BCUT2D eigenvalue weighted by atomic mass is 9.91. The summed E-state index contributed by atoms with van der Waals surface area (Å²) in [5.41, 5.74) is 0.770. The van der Waals surface area contributed by atoms with Gasteiger partial charge < -0.3 is 15.0 Å². The fourth-order valence-electron chi connectivity index (χ4n) is 4.11. The number of anilines is 2. The third-order valence-electron chi connectivity index (χ3n) is 5.71. The molecule has 33 heavy (non-hydrogen) atoms. The summed E-state index contributed by atoms with van der Waals surface area (Å²) in [5, 5.41) is 2.66. The molecule has 2 aliphatic rings. The minimum atomic E-state index is -0.816. The molecule has 1 atom stereocenters. The van der Waals surface area contributed by atoms with Crippen molar-refractivity contribution in [1.82, 2.24) is 9.80 Å². The van der Waals surface area contributed by atoms with E-state index >= 15 is 0 Å². The molecule has 1 unspecified atom stereocenters. The fraction of sp³-hybridized carbons (Fsp3) is 0.583. The second-order valence-electron chi connectivity index (χ2n) is 9.79. The van der Waals surface area contributed by atoms with Crippen LogP contribution in [-0.2, 0) is 23.9 Å². The number of ether oxygens (including phenoxy) is 1. The van der Waals surface area contributed by atoms with Gasteiger partial charge in [0.05, 0.1) is 25.3 Å². The van der Waals surface area contributed by atoms with E-state index in [-0.39, 0.29) is 29.6 Å². The Kier molecular flexibility index (Phi) is 7.86. The molecule has 0 bridgehead atoms. The van der Waals surface area contributed by atoms with E-state index in [1.807, 2.05) is 20.8 Å². The van der Waals surface area contributed by atoms with Gasteiger partial charge >= 0.3 is 0 Å². The van der Waals surface area contributed by atoms with Gasteiger partial charge in [0, 0.05) is 45.2 Å². The zero-order chi connectivity index (χ0) is 24.2. The van der Waals surface area contributed by atoms with Gasteiger partial charge in [0.1, 0.15) is 6.04 Å². The lowest BCUT2D eigenvalue weighted by molar-refractivity contribution is -0.140. The largest absolute Gasteiger partial charge is 0.379 e. The highest BCUT2D eigenvalue weighted by atomic mass is 16.5. The first-order valence-corrected chi connectivity index (χ1v) is 11.4. The van der Waals surface area contributed by atoms with Crippen LogP contribution in [0.3, 0.4) is 0 Å². The number of carbonyl (C=O) groups excluding carboxylic acids is 4. The van der Waals surface area contributed by atoms with Gasteiger partial charge in [0.15, 0.2) is 0 Å². The first-order valence-electron chi connectivity index (χ1n) is 11.4. The van der Waals surface area contributed by atoms with E-state index in [0.29, 0.717) is 44.1 Å². The second kappa shape index (κ2) is 10.4. The fourth-order valence-corrected chi connectivity index (χ4v) is 4.11. The highest BCUT2D eigenvalue weighted by molar-refractivity contribution is 6.23. The third kappa shape index (κ3) is 6.61. The summed E-state index contributed by atoms with van der Waals surface area (Å²) < 4.78 is 5.39. The van der Waals surface area contributed by atoms with Gasteiger partial charge in [-0.2, -0.15) is 0 Å². The van der Waals surface area contributed by atoms with Crippen LogP contribution in [0, 0.1) is 5.41 Å². The smallest absolute Gasteiger partial charge is 0.257 e. The van der Waals surface area contributed by atoms with E-state index in [0.717, 1.165) is 18.0 Å². The molecule has 3 rings (SSSR count). The molecule has 0 aliphatic carbocycles. The van der Waals surface area contributed by atoms with Crippen LogP contribution in [0.5, 0.6) is 0 Å². The quantitative estimate of drug-likeness (QED) is 0.627. The molecule has 9 nitrogen and oxygen atoms in total. The Hall–Kier alpha value is -2.78. The normalized spacial score (nSPS) is 19.6. The number of morpholine rings is 1. The number of amides is 4. The highest BCUT2D eigenvalue weighted by Gasteiger charge is 2.44. The Labute approximate surface area is 195 Å². The van der Waals surface area contributed by atoms with Crippen molar-refractivity contribution in [2.75, 3.05) is 49.6 Å². The molecule has 1 aromatic rings. The molecule has 2 fully saturated rings. The molecule has 0 saturated carbocycles. The van der Waals surface area contributed by atoms with E-state index in [2.05, 4.69) is 10.2 Å². The Morgan fingerprint density at radius 1 is 1.12 bits per heavy atom. The maximum atomic E-state index is 13.3. The van der Waals surface area contributed by atoms with Crippen molar-refractivity contribution in [1.29, 1.82) is 0 Å². The SMILES string of the molecule is CC(=O)Nc1ccc(N2C(=O)CC(N(CCN3CCOCC3)C(=O)CC(C)(C)C)C2=O)cc1. The average Bonchev–Trinajstić information content (AvgIpc) is 3.02. The van der Waals surface area contributed by atoms with Crippen LogP contribution in [0.2, 0.25) is 0 Å². The number of nitrogens with zero attached hydrogens (tertiary/aromatic N) is 3. The minimum Gasteiger partial charge on any atom is -0.379 e. The molecule has 4 amide bonds. The van der Waals surface area contributed by atoms with Crippen molar-refractivity contribution in [2.24, 2.45) is 5.41 Å². The third-order valence-corrected chi connectivity index (χ3v) is 5.71. The van der Waals surface area contributed by atoms with Gasteiger partial charge in [0.25, 0.3) is 5.91 Å². The Morgan fingerprint density at radius 2 is 1.76 bits per heavy atom. The molecule has 9 heteroatoms. The van der Waals surface area contributed by atoms with Gasteiger partial charge in [0.2, 0.25) is 17.7 Å². The lowest BCUT2D eigenvalue weighted by Crippen LogP contribution is -2.50. The Balaban J connectivity index is 1.77. The molecule has 2 saturated heterocycles. The second-order valence-corrected chi connectivity index (χ2v) is 9.79. The Morgan fingerprint density at radius 3 is 2.33 bits per heavy atom. The van der Waals surface area contributed by atoms with Crippen LogP contribution in [-0.4, -0.2) is 78.9 Å². The molecule has 0 radical (unpaired) electrons. The molecule has 2 heterocycles. The summed E-state index contributed by atoms with van der Waals surface area (Å²) in [6.07, 6.45) is 0.255. The number of hydrogen-bond acceptors (Lipinski definition) is 6. The van der Waals surface area contributed by atoms with Crippen LogP contribution >= 0.6 is 0 Å². The van der Waals surface area contributed by atoms with Crippen molar-refractivity contribution in [3.63, 3.8) is 0 Å². The molecule has 2 aliphatic heterocycles. The van der Waals surface area contributed by atoms with E-state index in [1.54, 1.807) is 29.2 Å². The molecule has 1 N–H and O–H groups in total. The maximum Gasteiger partial charge on any atom is 0.257 e. The average molecular weight is 459 g/mol. The van der Waals surface area contributed by atoms with Gasteiger partial charge in [-0.3, -0.25) is 24.1 Å². The lowest BCUT2D eigenvalue weighted by Gasteiger charge is -2.33. The van der Waals surface area contributed by atoms with Crippen molar-refractivity contribution in [2.45, 2.75) is 46.6 Å². The summed E-state index contributed by atoms with van der Waals surface area (Å²) in [5.74, 6) is -1.05. The van der Waals surface area contributed by atoms with Crippen molar-refractivity contribution in [3.05, 3.63) is 24.3 Å². The molecule has 0 aromatic heterocycles. The number of imide groups is 1. The first kappa shape index (κ1) is 24.9. The summed E-state index contributed by atoms with van der Waals surface area (Å²) in [6.45, 7) is 11.2. The van der Waals surface area contributed by atoms with Crippen LogP contribution in [0.1, 0.15) is 40.5 Å². The molecule has 0 spiro atoms. The van der Waals surface area contributed by atoms with Gasteiger partial charge in [-0.25, -0.2) is 4.90 Å². The number of benzene rings is 1. The zero-order valence-electron chi connectivity index (χ0n) is 19.9. The predicted molar refractivity (Wildman–Crippen MR) is 125 cm³/mol. The van der Waals surface area contributed by atoms with E-state index in [9.17, 15) is 19.2 Å². The van der Waals surface area contributed by atoms with Crippen molar-refractivity contribution < 1.29 is 23.9 Å². The predicted octanol–water partition coefficient (Wildman–Crippen LogP) is 1.87. The topological polar surface area (TPSA) is 99.3 Å². The number of rotatable bonds is 7. The summed E-state index contributed by atoms with van der Waals surface area (Å²) in [7, 11) is 0. The number of hydrogen-bond donors (Lipinski definition) is 1. The monoisotopic (exact) mass is 458 g/mol. The molecular weight excluding hydrogens is 424 g/mol. The molecule has 180 valence electrons. The summed E-state index contributed by atoms with van der Waals surface area (Å²) in [4.78, 5) is 55.6. The standard InChI is InChI=1S/C24H34N4O5/c1-17(29)25-18-5-7-19(8-6-18)28-21(30)15-20(23(28)32)27(22(31)16-24(2,3)4)10-9-26-11-13-33-14-12-26/h5-8,20H,9-16H2,1-4H3,(H,25,29). The van der Waals surface area contributed by atoms with Gasteiger partial charge in [-0.15, -0.1) is 0 Å². The van der Waals surface area contributed by atoms with Crippen LogP contribution in [0.4, 0.5) is 11.4 Å². The number of nitrogens with one attached hydrogen (secondary N) is 1. The minimum absolute atomic E-state index is 0.0364. The summed E-state index contributed by atoms with van der Waals surface area (Å²) >= 11 is 0. The van der Waals surface area contributed by atoms with Crippen molar-refractivity contribution in [3.8, 4) is 0 Å². The van der Waals surface area contributed by atoms with Crippen molar-refractivity contribution >= 4 is 35.0 Å². The first-order chi connectivity index (χ1) is 15.5. The Bertz CT molecular complexity index is 887. The van der Waals surface area contributed by atoms with Crippen LogP contribution in [0.25, 0.3) is 0 Å².